The molecule has 0 saturated carbocycles. The van der Waals surface area contributed by atoms with E-state index in [-0.39, 0.29) is 12.5 Å². The zero-order chi connectivity index (χ0) is 15.3. The molecule has 5 nitrogen and oxygen atoms in total. The molecule has 1 unspecified atom stereocenters. The predicted molar refractivity (Wildman–Crippen MR) is 77.1 cm³/mol. The van der Waals surface area contributed by atoms with Gasteiger partial charge in [-0.3, -0.25) is 0 Å². The van der Waals surface area contributed by atoms with Gasteiger partial charge in [0.1, 0.15) is 12.4 Å². The lowest BCUT2D eigenvalue weighted by Crippen LogP contribution is -2.37. The summed E-state index contributed by atoms with van der Waals surface area (Å²) < 4.78 is 21.4. The molecular formula is C15H24O5. The Morgan fingerprint density at radius 3 is 1.90 bits per heavy atom. The average Bonchev–Trinajstić information content (AvgIpc) is 2.43. The minimum absolute atomic E-state index is 0.0875. The molecule has 0 bridgehead atoms. The molecule has 0 amide bonds. The second-order valence-electron chi connectivity index (χ2n) is 5.16. The van der Waals surface area contributed by atoms with Crippen LogP contribution in [0.2, 0.25) is 0 Å². The number of aliphatic hydroxyl groups is 1. The van der Waals surface area contributed by atoms with Gasteiger partial charge in [0.05, 0.1) is 26.9 Å². The van der Waals surface area contributed by atoms with Gasteiger partial charge in [-0.15, -0.1) is 0 Å². The first-order chi connectivity index (χ1) is 9.35. The molecule has 5 heteroatoms. The van der Waals surface area contributed by atoms with Crippen molar-refractivity contribution in [1.29, 1.82) is 0 Å². The van der Waals surface area contributed by atoms with Crippen molar-refractivity contribution in [3.8, 4) is 23.0 Å². The van der Waals surface area contributed by atoms with E-state index in [0.717, 1.165) is 0 Å². The molecule has 1 atom stereocenters. The maximum Gasteiger partial charge on any atom is 0.203 e. The molecule has 0 aliphatic rings. The Kier molecular flexibility index (Phi) is 5.51. The molecule has 20 heavy (non-hydrogen) atoms. The van der Waals surface area contributed by atoms with Crippen LogP contribution in [0.5, 0.6) is 23.0 Å². The normalized spacial score (nSPS) is 13.8. The lowest BCUT2D eigenvalue weighted by molar-refractivity contribution is -0.0267. The third kappa shape index (κ3) is 3.70. The highest BCUT2D eigenvalue weighted by atomic mass is 16.5. The predicted octanol–water partition coefficient (Wildman–Crippen LogP) is 2.50. The fourth-order valence-corrected chi connectivity index (χ4v) is 1.54. The van der Waals surface area contributed by atoms with Crippen molar-refractivity contribution in [3.63, 3.8) is 0 Å². The van der Waals surface area contributed by atoms with Crippen LogP contribution in [0.4, 0.5) is 0 Å². The van der Waals surface area contributed by atoms with E-state index in [4.69, 9.17) is 18.9 Å². The summed E-state index contributed by atoms with van der Waals surface area (Å²) in [6, 6.07) is 3.41. The minimum atomic E-state index is -0.902. The van der Waals surface area contributed by atoms with E-state index >= 15 is 0 Å². The largest absolute Gasteiger partial charge is 0.493 e. The summed E-state index contributed by atoms with van der Waals surface area (Å²) in [5, 5.41) is 10.2. The maximum absolute atomic E-state index is 10.2. The second kappa shape index (κ2) is 6.70. The van der Waals surface area contributed by atoms with Crippen molar-refractivity contribution in [2.45, 2.75) is 26.4 Å². The number of methoxy groups -OCH3 is 3. The van der Waals surface area contributed by atoms with E-state index in [1.54, 1.807) is 40.4 Å². The van der Waals surface area contributed by atoms with E-state index in [9.17, 15) is 5.11 Å². The van der Waals surface area contributed by atoms with Gasteiger partial charge in [0.25, 0.3) is 0 Å². The smallest absolute Gasteiger partial charge is 0.203 e. The van der Waals surface area contributed by atoms with Gasteiger partial charge in [-0.2, -0.15) is 0 Å². The maximum atomic E-state index is 10.2. The summed E-state index contributed by atoms with van der Waals surface area (Å²) in [5.74, 6) is 2.19. The van der Waals surface area contributed by atoms with Crippen molar-refractivity contribution < 1.29 is 24.1 Å². The fraction of sp³-hybridized carbons (Fsp3) is 0.600. The number of ether oxygens (including phenoxy) is 4. The Balaban J connectivity index is 2.97. The van der Waals surface area contributed by atoms with Gasteiger partial charge >= 0.3 is 0 Å². The summed E-state index contributed by atoms with van der Waals surface area (Å²) in [7, 11) is 4.64. The van der Waals surface area contributed by atoms with Crippen LogP contribution in [0, 0.1) is 5.92 Å². The van der Waals surface area contributed by atoms with Gasteiger partial charge in [-0.05, 0) is 12.8 Å². The van der Waals surface area contributed by atoms with Gasteiger partial charge in [-0.1, -0.05) is 13.8 Å². The quantitative estimate of drug-likeness (QED) is 0.833. The van der Waals surface area contributed by atoms with Crippen molar-refractivity contribution in [3.05, 3.63) is 12.1 Å². The van der Waals surface area contributed by atoms with Gasteiger partial charge in [0.2, 0.25) is 5.75 Å². The van der Waals surface area contributed by atoms with Crippen molar-refractivity contribution >= 4 is 0 Å². The highest BCUT2D eigenvalue weighted by Gasteiger charge is 2.26. The zero-order valence-corrected chi connectivity index (χ0v) is 13.0. The molecule has 0 aliphatic carbocycles. The second-order valence-corrected chi connectivity index (χ2v) is 5.16. The van der Waals surface area contributed by atoms with Crippen LogP contribution in [-0.4, -0.2) is 38.6 Å². The first-order valence-corrected chi connectivity index (χ1v) is 6.51. The van der Waals surface area contributed by atoms with Crippen LogP contribution in [0.3, 0.4) is 0 Å². The molecular weight excluding hydrogens is 260 g/mol. The molecule has 0 aromatic heterocycles. The van der Waals surface area contributed by atoms with Gasteiger partial charge in [-0.25, -0.2) is 0 Å². The molecule has 1 aromatic carbocycles. The summed E-state index contributed by atoms with van der Waals surface area (Å²) in [5.41, 5.74) is -0.902. The van der Waals surface area contributed by atoms with Crippen LogP contribution in [-0.2, 0) is 0 Å². The summed E-state index contributed by atoms with van der Waals surface area (Å²) >= 11 is 0. The molecule has 1 N–H and O–H groups in total. The Bertz CT molecular complexity index is 415. The average molecular weight is 284 g/mol. The topological polar surface area (TPSA) is 57.2 Å². The van der Waals surface area contributed by atoms with E-state index < -0.39 is 5.60 Å². The molecule has 0 saturated heterocycles. The fourth-order valence-electron chi connectivity index (χ4n) is 1.54. The van der Waals surface area contributed by atoms with Crippen molar-refractivity contribution in [2.24, 2.45) is 5.92 Å². The van der Waals surface area contributed by atoms with E-state index in [1.165, 1.54) is 0 Å². The van der Waals surface area contributed by atoms with Gasteiger partial charge in [0.15, 0.2) is 11.5 Å². The van der Waals surface area contributed by atoms with E-state index in [1.807, 2.05) is 13.8 Å². The highest BCUT2D eigenvalue weighted by Crippen LogP contribution is 2.41. The molecule has 0 aliphatic heterocycles. The summed E-state index contributed by atoms with van der Waals surface area (Å²) in [6.07, 6.45) is 0. The van der Waals surface area contributed by atoms with Gasteiger partial charge < -0.3 is 24.1 Å². The third-order valence-electron chi connectivity index (χ3n) is 3.41. The van der Waals surface area contributed by atoms with Crippen LogP contribution in [0.15, 0.2) is 12.1 Å². The molecule has 0 spiro atoms. The van der Waals surface area contributed by atoms with Crippen LogP contribution in [0.1, 0.15) is 20.8 Å². The zero-order valence-electron chi connectivity index (χ0n) is 13.0. The molecule has 0 radical (unpaired) electrons. The summed E-state index contributed by atoms with van der Waals surface area (Å²) in [6.45, 7) is 5.82. The lowest BCUT2D eigenvalue weighted by atomic mass is 9.94. The number of hydrogen-bond donors (Lipinski definition) is 1. The highest BCUT2D eigenvalue weighted by molar-refractivity contribution is 5.55. The number of rotatable bonds is 7. The molecule has 114 valence electrons. The number of benzene rings is 1. The Morgan fingerprint density at radius 1 is 1.05 bits per heavy atom. The summed E-state index contributed by atoms with van der Waals surface area (Å²) in [4.78, 5) is 0. The number of hydrogen-bond acceptors (Lipinski definition) is 5. The Labute approximate surface area is 120 Å². The lowest BCUT2D eigenvalue weighted by Gasteiger charge is -2.27. The van der Waals surface area contributed by atoms with Crippen molar-refractivity contribution in [1.82, 2.24) is 0 Å². The van der Waals surface area contributed by atoms with Crippen LogP contribution < -0.4 is 18.9 Å². The first kappa shape index (κ1) is 16.4. The van der Waals surface area contributed by atoms with Gasteiger partial charge in [0, 0.05) is 12.1 Å². The third-order valence-corrected chi connectivity index (χ3v) is 3.41. The molecule has 1 aromatic rings. The molecule has 0 fully saturated rings. The monoisotopic (exact) mass is 284 g/mol. The minimum Gasteiger partial charge on any atom is -0.493 e. The Morgan fingerprint density at radius 2 is 1.55 bits per heavy atom. The molecule has 1 rings (SSSR count). The molecule has 0 heterocycles. The standard InChI is InChI=1S/C15H24O5/c1-10(2)15(3,16)9-20-11-7-12(17-4)14(19-6)13(8-11)18-5/h7-8,10,16H,9H2,1-6H3. The van der Waals surface area contributed by atoms with Crippen LogP contribution >= 0.6 is 0 Å². The SMILES string of the molecule is COc1cc(OCC(C)(O)C(C)C)cc(OC)c1OC. The Hall–Kier alpha value is -1.62. The first-order valence-electron chi connectivity index (χ1n) is 6.51. The van der Waals surface area contributed by atoms with Crippen molar-refractivity contribution in [2.75, 3.05) is 27.9 Å². The van der Waals surface area contributed by atoms with E-state index in [2.05, 4.69) is 0 Å². The van der Waals surface area contributed by atoms with Crippen LogP contribution in [0.25, 0.3) is 0 Å². The van der Waals surface area contributed by atoms with E-state index in [0.29, 0.717) is 23.0 Å².